The Morgan fingerprint density at radius 2 is 0.597 bits per heavy atom. The van der Waals surface area contributed by atoms with Crippen molar-refractivity contribution < 1.29 is 18.3 Å². The Kier molecular flexibility index (Phi) is 12.3. The maximum absolute atomic E-state index is 2.48. The minimum absolute atomic E-state index is 0.453. The molecule has 0 fully saturated rings. The quantitative estimate of drug-likeness (QED) is 0.159. The summed E-state index contributed by atoms with van der Waals surface area (Å²) >= 11 is 7.76. The summed E-state index contributed by atoms with van der Waals surface area (Å²) in [5.74, 6) is 0. The number of nitrogens with zero attached hydrogens (tertiary/aromatic N) is 4. The highest BCUT2D eigenvalue weighted by atomic mass is 32.2. The minimum Gasteiger partial charge on any atom is -0.114 e. The van der Waals surface area contributed by atoms with Crippen LogP contribution in [0.2, 0.25) is 0 Å². The van der Waals surface area contributed by atoms with Crippen molar-refractivity contribution in [1.29, 1.82) is 0 Å². The minimum atomic E-state index is -0.514. The molecule has 72 heavy (non-hydrogen) atoms. The average Bonchev–Trinajstić information content (AvgIpc) is 3.42. The molecule has 348 valence electrons. The van der Waals surface area contributed by atoms with E-state index in [1.165, 1.54) is 86.6 Å². The summed E-state index contributed by atoms with van der Waals surface area (Å²) in [6.07, 6.45) is 9.36. The van der Waals surface area contributed by atoms with E-state index in [4.69, 9.17) is 0 Å². The molecule has 2 unspecified atom stereocenters. The van der Waals surface area contributed by atoms with Crippen molar-refractivity contribution in [1.82, 2.24) is 0 Å². The molecule has 0 saturated carbocycles. The fourth-order valence-electron chi connectivity index (χ4n) is 9.98. The molecular formula is C64H52N4S4+4. The van der Waals surface area contributed by atoms with Gasteiger partial charge in [-0.1, -0.05) is 152 Å². The molecule has 13 rings (SSSR count). The number of hydrogen-bond donors (Lipinski definition) is 0. The molecule has 4 aliphatic rings. The first-order chi connectivity index (χ1) is 35.3. The predicted octanol–water partition coefficient (Wildman–Crippen LogP) is 16.4. The van der Waals surface area contributed by atoms with Gasteiger partial charge in [-0.05, 0) is 79.8 Å². The Bertz CT molecular complexity index is 3680. The van der Waals surface area contributed by atoms with Crippen molar-refractivity contribution in [2.24, 2.45) is 0 Å². The van der Waals surface area contributed by atoms with E-state index in [9.17, 15) is 0 Å². The van der Waals surface area contributed by atoms with E-state index in [-0.39, 0.29) is 0 Å². The molecule has 0 amide bonds. The largest absolute Gasteiger partial charge is 0.470 e. The number of hydrogen-bond acceptors (Lipinski definition) is 4. The van der Waals surface area contributed by atoms with Crippen molar-refractivity contribution in [2.75, 3.05) is 0 Å². The molecule has 4 nitrogen and oxygen atoms in total. The highest BCUT2D eigenvalue weighted by Crippen LogP contribution is 2.59. The van der Waals surface area contributed by atoms with Gasteiger partial charge in [-0.3, -0.25) is 0 Å². The average molecular weight is 1010 g/mol. The SMILES string of the molecule is Cc1cccc2c1SC1(Sc3c(cccc3-c3ccccc3)C=[N+]1c1ccccc1)[N+](c1ccccc1)=C2.Cc1ccccc1[N+]1=Cc2cccc(C)c2SC12Sc1c(C)cccc1C=[N+]2c1ccccc1. The summed E-state index contributed by atoms with van der Waals surface area (Å²) in [5, 5.41) is 0. The second kappa shape index (κ2) is 19.2. The van der Waals surface area contributed by atoms with E-state index in [1.807, 2.05) is 47.0 Å². The van der Waals surface area contributed by atoms with Crippen LogP contribution in [0.5, 0.6) is 0 Å². The van der Waals surface area contributed by atoms with Crippen molar-refractivity contribution in [3.8, 4) is 11.1 Å². The highest BCUT2D eigenvalue weighted by molar-refractivity contribution is 8.18. The summed E-state index contributed by atoms with van der Waals surface area (Å²) < 4.78 is 8.89. The summed E-state index contributed by atoms with van der Waals surface area (Å²) in [4.78, 5) is 5.30. The second-order valence-electron chi connectivity index (χ2n) is 18.4. The maximum Gasteiger partial charge on any atom is 0.470 e. The number of para-hydroxylation sites is 4. The first-order valence-electron chi connectivity index (χ1n) is 24.3. The van der Waals surface area contributed by atoms with Crippen LogP contribution in [0.1, 0.15) is 44.5 Å². The molecule has 9 aromatic carbocycles. The smallest absolute Gasteiger partial charge is 0.114 e. The Labute approximate surface area is 439 Å². The van der Waals surface area contributed by atoms with Gasteiger partial charge in [0.15, 0.2) is 24.9 Å². The number of rotatable bonds is 5. The third kappa shape index (κ3) is 8.20. The fourth-order valence-corrected chi connectivity index (χ4v) is 16.4. The van der Waals surface area contributed by atoms with Gasteiger partial charge in [0.2, 0.25) is 22.7 Å². The number of benzene rings is 9. The highest BCUT2D eigenvalue weighted by Gasteiger charge is 2.63. The van der Waals surface area contributed by atoms with Gasteiger partial charge in [0.25, 0.3) is 0 Å². The van der Waals surface area contributed by atoms with Gasteiger partial charge < -0.3 is 0 Å². The Balaban J connectivity index is 0.000000148. The van der Waals surface area contributed by atoms with Crippen molar-refractivity contribution in [3.05, 3.63) is 263 Å². The summed E-state index contributed by atoms with van der Waals surface area (Å²) in [6.45, 7) is 8.87. The molecular weight excluding hydrogens is 953 g/mol. The molecule has 9 aromatic rings. The molecule has 0 aromatic heterocycles. The molecule has 8 heteroatoms. The zero-order chi connectivity index (χ0) is 48.8. The van der Waals surface area contributed by atoms with E-state index < -0.39 is 8.65 Å². The molecule has 2 spiro atoms. The molecule has 0 saturated heterocycles. The van der Waals surface area contributed by atoms with Gasteiger partial charge in [0.05, 0.1) is 22.3 Å². The van der Waals surface area contributed by atoms with Gasteiger partial charge in [-0.15, -0.1) is 18.3 Å². The van der Waals surface area contributed by atoms with E-state index >= 15 is 0 Å². The van der Waals surface area contributed by atoms with Gasteiger partial charge in [0, 0.05) is 115 Å². The van der Waals surface area contributed by atoms with Crippen LogP contribution >= 0.6 is 47.0 Å². The normalized spacial score (nSPS) is 18.2. The number of thioether (sulfide) groups is 4. The topological polar surface area (TPSA) is 12.0 Å². The van der Waals surface area contributed by atoms with Crippen LogP contribution < -0.4 is 0 Å². The monoisotopic (exact) mass is 1000 g/mol. The van der Waals surface area contributed by atoms with Crippen LogP contribution in [-0.4, -0.2) is 51.8 Å². The van der Waals surface area contributed by atoms with E-state index in [0.29, 0.717) is 0 Å². The van der Waals surface area contributed by atoms with Crippen molar-refractivity contribution in [2.45, 2.75) is 55.9 Å². The first kappa shape index (κ1) is 46.2. The van der Waals surface area contributed by atoms with Crippen LogP contribution in [0.4, 0.5) is 22.7 Å². The summed E-state index contributed by atoms with van der Waals surface area (Å²) in [6, 6.07) is 78.2. The number of aryl methyl sites for hydroxylation is 4. The molecule has 0 aliphatic carbocycles. The predicted molar refractivity (Wildman–Crippen MR) is 305 cm³/mol. The van der Waals surface area contributed by atoms with E-state index in [1.54, 1.807) is 0 Å². The van der Waals surface area contributed by atoms with Crippen molar-refractivity contribution >= 4 is 94.7 Å². The lowest BCUT2D eigenvalue weighted by molar-refractivity contribution is -0.690. The molecule has 0 bridgehead atoms. The van der Waals surface area contributed by atoms with Crippen LogP contribution in [0, 0.1) is 27.7 Å². The Morgan fingerprint density at radius 3 is 1.03 bits per heavy atom. The molecule has 0 radical (unpaired) electrons. The third-order valence-corrected chi connectivity index (χ3v) is 20.1. The Morgan fingerprint density at radius 1 is 0.278 bits per heavy atom. The van der Waals surface area contributed by atoms with Gasteiger partial charge >= 0.3 is 8.65 Å². The Hall–Kier alpha value is -6.94. The zero-order valence-corrected chi connectivity index (χ0v) is 43.8. The summed E-state index contributed by atoms with van der Waals surface area (Å²) in [5.41, 5.74) is 17.4. The molecule has 0 N–H and O–H groups in total. The summed E-state index contributed by atoms with van der Waals surface area (Å²) in [7, 11) is 0. The lowest BCUT2D eigenvalue weighted by atomic mass is 10.0. The van der Waals surface area contributed by atoms with Crippen LogP contribution in [-0.2, 0) is 0 Å². The van der Waals surface area contributed by atoms with E-state index in [2.05, 4.69) is 289 Å². The molecule has 4 aliphatic heterocycles. The van der Waals surface area contributed by atoms with E-state index in [0.717, 1.165) is 11.4 Å². The third-order valence-electron chi connectivity index (χ3n) is 13.6. The first-order valence-corrected chi connectivity index (χ1v) is 27.6. The number of fused-ring (bicyclic) bond motifs is 4. The second-order valence-corrected chi connectivity index (χ2v) is 23.6. The molecule has 2 atom stereocenters. The van der Waals surface area contributed by atoms with Crippen LogP contribution in [0.3, 0.4) is 0 Å². The van der Waals surface area contributed by atoms with Crippen LogP contribution in [0.25, 0.3) is 11.1 Å². The lowest BCUT2D eigenvalue weighted by Crippen LogP contribution is -2.47. The van der Waals surface area contributed by atoms with Gasteiger partial charge in [0.1, 0.15) is 0 Å². The fraction of sp³-hybridized carbons (Fsp3) is 0.0938. The standard InChI is InChI=1S/C34H26N2S2.C30H26N2S2/c1-25-13-11-16-27-23-35(29-18-7-3-8-19-29)34(37-32(25)27)36(30-20-9-4-10-21-30)24-28-17-12-22-31(33(28)38-34)26-14-5-2-6-15-26;1-21-11-7-8-18-27(21)32-20-25-15-10-13-23(3)29(25)34-30(32)31(26-16-5-4-6-17-26)19-24-14-9-12-22(2)28(24)33-30/h2-24H,1H3;4-20H,1-3H3/q2*+2. The zero-order valence-electron chi connectivity index (χ0n) is 40.5. The maximum atomic E-state index is 2.48. The molecule has 4 heterocycles. The lowest BCUT2D eigenvalue weighted by Gasteiger charge is -2.32. The van der Waals surface area contributed by atoms with Gasteiger partial charge in [-0.25, -0.2) is 0 Å². The van der Waals surface area contributed by atoms with Crippen LogP contribution in [0.15, 0.2) is 238 Å². The van der Waals surface area contributed by atoms with Crippen molar-refractivity contribution in [3.63, 3.8) is 0 Å². The van der Waals surface area contributed by atoms with Gasteiger partial charge in [-0.2, -0.15) is 0 Å².